The average molecular weight is 321 g/mol. The van der Waals surface area contributed by atoms with Gasteiger partial charge in [-0.15, -0.1) is 0 Å². The molecule has 0 atom stereocenters. The highest BCUT2D eigenvalue weighted by molar-refractivity contribution is 5.79. The molecule has 1 aromatic carbocycles. The molecule has 0 aromatic heterocycles. The summed E-state index contributed by atoms with van der Waals surface area (Å²) < 4.78 is 10.8. The lowest BCUT2D eigenvalue weighted by Crippen LogP contribution is -2.37. The Labute approximate surface area is 140 Å². The number of benzene rings is 1. The van der Waals surface area contributed by atoms with Gasteiger partial charge in [-0.1, -0.05) is 38.1 Å². The van der Waals surface area contributed by atoms with Gasteiger partial charge in [0.2, 0.25) is 0 Å². The highest BCUT2D eigenvalue weighted by Crippen LogP contribution is 2.09. The van der Waals surface area contributed by atoms with Gasteiger partial charge in [-0.2, -0.15) is 0 Å². The Morgan fingerprint density at radius 3 is 2.57 bits per heavy atom. The van der Waals surface area contributed by atoms with Crippen LogP contribution < -0.4 is 10.6 Å². The monoisotopic (exact) mass is 321 g/mol. The molecule has 0 unspecified atom stereocenters. The second kappa shape index (κ2) is 11.9. The summed E-state index contributed by atoms with van der Waals surface area (Å²) in [5.41, 5.74) is 2.41. The second-order valence-corrected chi connectivity index (χ2v) is 5.88. The summed E-state index contributed by atoms with van der Waals surface area (Å²) in [6.45, 7) is 8.11. The van der Waals surface area contributed by atoms with Gasteiger partial charge in [-0.3, -0.25) is 4.99 Å². The van der Waals surface area contributed by atoms with E-state index in [2.05, 4.69) is 41.6 Å². The fourth-order valence-corrected chi connectivity index (χ4v) is 2.13. The maximum absolute atomic E-state index is 5.57. The second-order valence-electron chi connectivity index (χ2n) is 5.88. The van der Waals surface area contributed by atoms with Crippen LogP contribution >= 0.6 is 0 Å². The van der Waals surface area contributed by atoms with Crippen LogP contribution in [0.5, 0.6) is 0 Å². The number of ether oxygens (including phenoxy) is 2. The molecule has 2 N–H and O–H groups in total. The minimum Gasteiger partial charge on any atom is -0.381 e. The molecule has 0 saturated heterocycles. The number of aliphatic imine (C=N–C) groups is 1. The molecule has 0 fully saturated rings. The van der Waals surface area contributed by atoms with E-state index in [4.69, 9.17) is 9.47 Å². The summed E-state index contributed by atoms with van der Waals surface area (Å²) in [4.78, 5) is 4.25. The molecule has 0 spiro atoms. The van der Waals surface area contributed by atoms with E-state index in [1.165, 1.54) is 11.1 Å². The molecule has 0 aliphatic heterocycles. The minimum absolute atomic E-state index is 0.588. The third kappa shape index (κ3) is 8.57. The Kier molecular flexibility index (Phi) is 10.1. The normalized spacial score (nSPS) is 11.8. The summed E-state index contributed by atoms with van der Waals surface area (Å²) in [7, 11) is 3.50. The maximum Gasteiger partial charge on any atom is 0.191 e. The van der Waals surface area contributed by atoms with Crippen molar-refractivity contribution in [2.24, 2.45) is 10.9 Å². The number of nitrogens with zero attached hydrogens (tertiary/aromatic N) is 1. The van der Waals surface area contributed by atoms with E-state index >= 15 is 0 Å². The molecule has 23 heavy (non-hydrogen) atoms. The lowest BCUT2D eigenvalue weighted by molar-refractivity contribution is 0.108. The van der Waals surface area contributed by atoms with E-state index in [0.717, 1.165) is 38.7 Å². The topological polar surface area (TPSA) is 54.9 Å². The lowest BCUT2D eigenvalue weighted by Gasteiger charge is -2.14. The van der Waals surface area contributed by atoms with Crippen LogP contribution in [0.3, 0.4) is 0 Å². The zero-order chi connectivity index (χ0) is 16.9. The Balaban J connectivity index is 2.29. The summed E-state index contributed by atoms with van der Waals surface area (Å²) in [5, 5.41) is 6.64. The molecule has 0 aliphatic carbocycles. The zero-order valence-corrected chi connectivity index (χ0v) is 14.9. The van der Waals surface area contributed by atoms with Gasteiger partial charge in [-0.25, -0.2) is 0 Å². The minimum atomic E-state index is 0.588. The van der Waals surface area contributed by atoms with Crippen molar-refractivity contribution >= 4 is 5.96 Å². The van der Waals surface area contributed by atoms with Crippen molar-refractivity contribution in [3.63, 3.8) is 0 Å². The maximum atomic E-state index is 5.57. The number of rotatable bonds is 10. The standard InChI is InChI=1S/C18H31N3O2/c1-15(2)13-23-11-7-10-20-18(19-3)21-12-16-8-5-6-9-17(16)14-22-4/h5-6,8-9,15H,7,10-14H2,1-4H3,(H2,19,20,21). The van der Waals surface area contributed by atoms with Gasteiger partial charge < -0.3 is 20.1 Å². The summed E-state index contributed by atoms with van der Waals surface area (Å²) >= 11 is 0. The third-order valence-electron chi connectivity index (χ3n) is 3.30. The Hall–Kier alpha value is -1.59. The van der Waals surface area contributed by atoms with Crippen molar-refractivity contribution in [3.8, 4) is 0 Å². The van der Waals surface area contributed by atoms with Crippen molar-refractivity contribution in [2.45, 2.75) is 33.4 Å². The fourth-order valence-electron chi connectivity index (χ4n) is 2.13. The van der Waals surface area contributed by atoms with Gasteiger partial charge in [0, 0.05) is 40.5 Å². The Bertz CT molecular complexity index is 461. The van der Waals surface area contributed by atoms with E-state index in [1.54, 1.807) is 14.2 Å². The highest BCUT2D eigenvalue weighted by atomic mass is 16.5. The van der Waals surface area contributed by atoms with Crippen LogP contribution in [0.1, 0.15) is 31.4 Å². The number of guanidine groups is 1. The van der Waals surface area contributed by atoms with Crippen LogP contribution in [0.2, 0.25) is 0 Å². The van der Waals surface area contributed by atoms with Gasteiger partial charge in [0.05, 0.1) is 6.61 Å². The molecule has 0 amide bonds. The first-order valence-corrected chi connectivity index (χ1v) is 8.25. The molecule has 5 nitrogen and oxygen atoms in total. The molecule has 130 valence electrons. The van der Waals surface area contributed by atoms with E-state index < -0.39 is 0 Å². The SMILES string of the molecule is CN=C(NCCCOCC(C)C)NCc1ccccc1COC. The van der Waals surface area contributed by atoms with Crippen molar-refractivity contribution in [3.05, 3.63) is 35.4 Å². The fraction of sp³-hybridized carbons (Fsp3) is 0.611. The van der Waals surface area contributed by atoms with E-state index in [-0.39, 0.29) is 0 Å². The van der Waals surface area contributed by atoms with E-state index in [0.29, 0.717) is 12.5 Å². The Morgan fingerprint density at radius 1 is 1.17 bits per heavy atom. The Morgan fingerprint density at radius 2 is 1.91 bits per heavy atom. The number of hydrogen-bond donors (Lipinski definition) is 2. The zero-order valence-electron chi connectivity index (χ0n) is 14.9. The smallest absolute Gasteiger partial charge is 0.191 e. The van der Waals surface area contributed by atoms with Crippen molar-refractivity contribution in [1.82, 2.24) is 10.6 Å². The van der Waals surface area contributed by atoms with Crippen LogP contribution in [-0.4, -0.2) is 39.9 Å². The van der Waals surface area contributed by atoms with Crippen LogP contribution in [0, 0.1) is 5.92 Å². The molecule has 1 rings (SSSR count). The first-order valence-electron chi connectivity index (χ1n) is 8.25. The van der Waals surface area contributed by atoms with E-state index in [1.807, 2.05) is 12.1 Å². The van der Waals surface area contributed by atoms with Crippen LogP contribution in [0.25, 0.3) is 0 Å². The van der Waals surface area contributed by atoms with Gasteiger partial charge in [0.25, 0.3) is 0 Å². The summed E-state index contributed by atoms with van der Waals surface area (Å²) in [6, 6.07) is 8.26. The summed E-state index contributed by atoms with van der Waals surface area (Å²) in [5.74, 6) is 1.39. The van der Waals surface area contributed by atoms with Gasteiger partial charge in [0.1, 0.15) is 0 Å². The lowest BCUT2D eigenvalue weighted by atomic mass is 10.1. The molecule has 0 radical (unpaired) electrons. The molecular weight excluding hydrogens is 290 g/mol. The number of methoxy groups -OCH3 is 1. The predicted octanol–water partition coefficient (Wildman–Crippen LogP) is 2.56. The van der Waals surface area contributed by atoms with Gasteiger partial charge >= 0.3 is 0 Å². The van der Waals surface area contributed by atoms with Crippen molar-refractivity contribution in [2.75, 3.05) is 33.9 Å². The first-order chi connectivity index (χ1) is 11.2. The van der Waals surface area contributed by atoms with Crippen LogP contribution in [0.15, 0.2) is 29.3 Å². The first kappa shape index (κ1) is 19.5. The largest absolute Gasteiger partial charge is 0.381 e. The van der Waals surface area contributed by atoms with Gasteiger partial charge in [-0.05, 0) is 23.5 Å². The molecule has 1 aromatic rings. The highest BCUT2D eigenvalue weighted by Gasteiger charge is 2.03. The average Bonchev–Trinajstić information content (AvgIpc) is 2.54. The molecule has 0 aliphatic rings. The number of hydrogen-bond acceptors (Lipinski definition) is 3. The van der Waals surface area contributed by atoms with Crippen molar-refractivity contribution in [1.29, 1.82) is 0 Å². The third-order valence-corrected chi connectivity index (χ3v) is 3.30. The van der Waals surface area contributed by atoms with Crippen molar-refractivity contribution < 1.29 is 9.47 Å². The molecule has 0 saturated carbocycles. The van der Waals surface area contributed by atoms with Crippen LogP contribution in [0.4, 0.5) is 0 Å². The van der Waals surface area contributed by atoms with Crippen LogP contribution in [-0.2, 0) is 22.6 Å². The summed E-state index contributed by atoms with van der Waals surface area (Å²) in [6.07, 6.45) is 0.966. The van der Waals surface area contributed by atoms with E-state index in [9.17, 15) is 0 Å². The van der Waals surface area contributed by atoms with Gasteiger partial charge in [0.15, 0.2) is 5.96 Å². The predicted molar refractivity (Wildman–Crippen MR) is 95.6 cm³/mol. The molecule has 5 heteroatoms. The molecule has 0 heterocycles. The molecule has 0 bridgehead atoms. The quantitative estimate of drug-likeness (QED) is 0.395. The number of nitrogens with one attached hydrogen (secondary N) is 2. The molecular formula is C18H31N3O2.